The molecule has 2 rings (SSSR count). The van der Waals surface area contributed by atoms with Gasteiger partial charge in [-0.15, -0.1) is 6.58 Å². The van der Waals surface area contributed by atoms with Crippen molar-refractivity contribution >= 4 is 0 Å². The zero-order valence-electron chi connectivity index (χ0n) is 18.5. The average molecular weight is 414 g/mol. The molecule has 2 aliphatic rings. The number of likely N-dealkylation sites (N-methyl/N-ethyl adjacent to an activating group) is 1. The first-order valence-corrected chi connectivity index (χ1v) is 10.8. The van der Waals surface area contributed by atoms with Gasteiger partial charge in [0.1, 0.15) is 6.26 Å². The average Bonchev–Trinajstić information content (AvgIpc) is 2.74. The predicted molar refractivity (Wildman–Crippen MR) is 115 cm³/mol. The molecule has 3 atom stereocenters. The van der Waals surface area contributed by atoms with E-state index in [0.29, 0.717) is 13.2 Å². The van der Waals surface area contributed by atoms with Crippen LogP contribution < -0.4 is 5.32 Å². The zero-order chi connectivity index (χ0) is 21.3. The molecular weight excluding hydrogens is 373 g/mol. The highest BCUT2D eigenvalue weighted by Crippen LogP contribution is 2.27. The SMILES string of the molecule is C/C=C(\C)F.C=CCCO/C=C(/CO[C@H]1CCC[C@@H](OC2CCCCO2)C1)NC. The fourth-order valence-electron chi connectivity index (χ4n) is 3.09. The van der Waals surface area contributed by atoms with Gasteiger partial charge in [0, 0.05) is 13.7 Å². The molecule has 0 bridgehead atoms. The fraction of sp³-hybridized carbons (Fsp3) is 0.739. The van der Waals surface area contributed by atoms with Crippen molar-refractivity contribution in [1.82, 2.24) is 5.32 Å². The van der Waals surface area contributed by atoms with E-state index >= 15 is 0 Å². The van der Waals surface area contributed by atoms with E-state index in [9.17, 15) is 4.39 Å². The van der Waals surface area contributed by atoms with E-state index in [2.05, 4.69) is 11.9 Å². The number of allylic oxidation sites excluding steroid dienone is 2. The van der Waals surface area contributed by atoms with Crippen molar-refractivity contribution < 1.29 is 23.3 Å². The molecule has 1 aliphatic carbocycles. The lowest BCUT2D eigenvalue weighted by Crippen LogP contribution is -2.34. The van der Waals surface area contributed by atoms with Gasteiger partial charge in [-0.3, -0.25) is 0 Å². The molecular formula is C23H40FNO4. The van der Waals surface area contributed by atoms with Gasteiger partial charge < -0.3 is 24.3 Å². The van der Waals surface area contributed by atoms with Gasteiger partial charge >= 0.3 is 0 Å². The van der Waals surface area contributed by atoms with Gasteiger partial charge in [-0.25, -0.2) is 4.39 Å². The van der Waals surface area contributed by atoms with E-state index < -0.39 is 0 Å². The van der Waals surface area contributed by atoms with Crippen molar-refractivity contribution in [1.29, 1.82) is 0 Å². The number of hydrogen-bond acceptors (Lipinski definition) is 5. The molecule has 1 saturated heterocycles. The summed E-state index contributed by atoms with van der Waals surface area (Å²) < 4.78 is 34.6. The molecule has 1 unspecified atom stereocenters. The van der Waals surface area contributed by atoms with Crippen LogP contribution in [0.3, 0.4) is 0 Å². The predicted octanol–water partition coefficient (Wildman–Crippen LogP) is 5.39. The highest BCUT2D eigenvalue weighted by molar-refractivity contribution is 4.95. The Balaban J connectivity index is 0.000000749. The zero-order valence-corrected chi connectivity index (χ0v) is 18.5. The van der Waals surface area contributed by atoms with Crippen molar-refractivity contribution in [3.63, 3.8) is 0 Å². The van der Waals surface area contributed by atoms with Gasteiger partial charge in [0.25, 0.3) is 0 Å². The van der Waals surface area contributed by atoms with Crippen molar-refractivity contribution in [2.75, 3.05) is 26.9 Å². The van der Waals surface area contributed by atoms with Gasteiger partial charge in [-0.2, -0.15) is 0 Å². The molecule has 1 heterocycles. The molecule has 0 aromatic carbocycles. The molecule has 0 aromatic rings. The minimum atomic E-state index is -0.120. The smallest absolute Gasteiger partial charge is 0.157 e. The molecule has 168 valence electrons. The monoisotopic (exact) mass is 413 g/mol. The molecule has 0 amide bonds. The molecule has 1 aliphatic heterocycles. The van der Waals surface area contributed by atoms with Crippen molar-refractivity contribution in [3.05, 3.63) is 36.5 Å². The Kier molecular flexibility index (Phi) is 14.5. The molecule has 5 nitrogen and oxygen atoms in total. The Hall–Kier alpha value is -1.37. The molecule has 29 heavy (non-hydrogen) atoms. The van der Waals surface area contributed by atoms with Crippen molar-refractivity contribution in [3.8, 4) is 0 Å². The van der Waals surface area contributed by atoms with E-state index in [0.717, 1.165) is 57.2 Å². The van der Waals surface area contributed by atoms with Crippen LogP contribution in [0.4, 0.5) is 4.39 Å². The maximum Gasteiger partial charge on any atom is 0.157 e. The van der Waals surface area contributed by atoms with E-state index in [1.54, 1.807) is 13.2 Å². The van der Waals surface area contributed by atoms with Crippen molar-refractivity contribution in [2.45, 2.75) is 83.7 Å². The van der Waals surface area contributed by atoms with Crippen LogP contribution in [0.15, 0.2) is 36.5 Å². The van der Waals surface area contributed by atoms with Crippen LogP contribution >= 0.6 is 0 Å². The summed E-state index contributed by atoms with van der Waals surface area (Å²) in [6, 6.07) is 0. The first-order chi connectivity index (χ1) is 14.1. The van der Waals surface area contributed by atoms with Crippen LogP contribution in [-0.2, 0) is 18.9 Å². The summed E-state index contributed by atoms with van der Waals surface area (Å²) in [5.41, 5.74) is 0.956. The number of halogens is 1. The lowest BCUT2D eigenvalue weighted by molar-refractivity contribution is -0.200. The lowest BCUT2D eigenvalue weighted by atomic mass is 9.94. The quantitative estimate of drug-likeness (QED) is 0.296. The Labute approximate surface area is 176 Å². The normalized spacial score (nSPS) is 25.6. The number of ether oxygens (including phenoxy) is 4. The summed E-state index contributed by atoms with van der Waals surface area (Å²) in [5.74, 6) is -0.120. The van der Waals surface area contributed by atoms with Gasteiger partial charge in [0.2, 0.25) is 0 Å². The second kappa shape index (κ2) is 16.4. The second-order valence-corrected chi connectivity index (χ2v) is 7.37. The van der Waals surface area contributed by atoms with Gasteiger partial charge in [0.05, 0.1) is 36.9 Å². The third-order valence-electron chi connectivity index (χ3n) is 4.92. The molecule has 0 spiro atoms. The van der Waals surface area contributed by atoms with Crippen molar-refractivity contribution in [2.24, 2.45) is 0 Å². The number of hydrogen-bond donors (Lipinski definition) is 1. The van der Waals surface area contributed by atoms with Crippen LogP contribution in [-0.4, -0.2) is 45.4 Å². The molecule has 0 aromatic heterocycles. The van der Waals surface area contributed by atoms with Crippen LogP contribution in [0.1, 0.15) is 65.2 Å². The Morgan fingerprint density at radius 1 is 1.21 bits per heavy atom. The topological polar surface area (TPSA) is 49.0 Å². The standard InChI is InChI=1S/C19H33NO4.C4H7F/c1-3-4-11-21-14-16(20-2)15-23-17-8-7-9-18(13-17)24-19-10-5-6-12-22-19;1-3-4(2)5/h3,14,17-20H,1,4-13,15H2,2H3;3H,1-2H3/b16-14-;4-3+/t17-,18+,19?;/m0./s1. The molecule has 6 heteroatoms. The maximum absolute atomic E-state index is 11.3. The minimum Gasteiger partial charge on any atom is -0.499 e. The summed E-state index contributed by atoms with van der Waals surface area (Å²) in [7, 11) is 1.89. The molecule has 2 fully saturated rings. The molecule has 0 radical (unpaired) electrons. The Morgan fingerprint density at radius 2 is 1.97 bits per heavy atom. The summed E-state index contributed by atoms with van der Waals surface area (Å²) >= 11 is 0. The highest BCUT2D eigenvalue weighted by atomic mass is 19.1. The van der Waals surface area contributed by atoms with E-state index in [4.69, 9.17) is 18.9 Å². The third kappa shape index (κ3) is 12.7. The van der Waals surface area contributed by atoms with Crippen LogP contribution in [0.2, 0.25) is 0 Å². The van der Waals surface area contributed by atoms with E-state index in [1.807, 2.05) is 13.1 Å². The fourth-order valence-corrected chi connectivity index (χ4v) is 3.09. The molecule has 1 saturated carbocycles. The summed E-state index contributed by atoms with van der Waals surface area (Å²) in [6.45, 7) is 8.79. The molecule has 1 N–H and O–H groups in total. The van der Waals surface area contributed by atoms with Crippen LogP contribution in [0.5, 0.6) is 0 Å². The summed E-state index contributed by atoms with van der Waals surface area (Å²) in [6.07, 6.45) is 14.1. The minimum absolute atomic E-state index is 0.00599. The summed E-state index contributed by atoms with van der Waals surface area (Å²) in [4.78, 5) is 0. The first kappa shape index (κ1) is 25.7. The lowest BCUT2D eigenvalue weighted by Gasteiger charge is -2.33. The number of nitrogens with one attached hydrogen (secondary N) is 1. The Bertz CT molecular complexity index is 485. The van der Waals surface area contributed by atoms with Crippen LogP contribution in [0, 0.1) is 0 Å². The van der Waals surface area contributed by atoms with Gasteiger partial charge in [0.15, 0.2) is 6.29 Å². The van der Waals surface area contributed by atoms with Gasteiger partial charge in [-0.05, 0) is 65.2 Å². The Morgan fingerprint density at radius 3 is 2.59 bits per heavy atom. The number of rotatable bonds is 10. The van der Waals surface area contributed by atoms with E-state index in [1.165, 1.54) is 19.4 Å². The van der Waals surface area contributed by atoms with Gasteiger partial charge in [-0.1, -0.05) is 12.2 Å². The maximum atomic E-state index is 11.3. The summed E-state index contributed by atoms with van der Waals surface area (Å²) in [5, 5.41) is 3.13. The van der Waals surface area contributed by atoms with E-state index in [-0.39, 0.29) is 24.3 Å². The van der Waals surface area contributed by atoms with Crippen LogP contribution in [0.25, 0.3) is 0 Å². The highest BCUT2D eigenvalue weighted by Gasteiger charge is 2.26. The second-order valence-electron chi connectivity index (χ2n) is 7.37. The largest absolute Gasteiger partial charge is 0.499 e. The first-order valence-electron chi connectivity index (χ1n) is 10.8. The third-order valence-corrected chi connectivity index (χ3v) is 4.92.